The van der Waals surface area contributed by atoms with Gasteiger partial charge in [-0.25, -0.2) is 0 Å². The van der Waals surface area contributed by atoms with E-state index in [1.54, 1.807) is 13.2 Å². The number of hydrogen-bond acceptors (Lipinski definition) is 4. The van der Waals surface area contributed by atoms with Gasteiger partial charge in [0.2, 0.25) is 0 Å². The fraction of sp³-hybridized carbons (Fsp3) is 0.375. The molecule has 1 aliphatic heterocycles. The summed E-state index contributed by atoms with van der Waals surface area (Å²) in [7, 11) is 1.56. The minimum Gasteiger partial charge on any atom is -0.496 e. The Morgan fingerprint density at radius 1 is 1.19 bits per heavy atom. The van der Waals surface area contributed by atoms with E-state index in [-0.39, 0.29) is 17.9 Å². The predicted octanol–water partition coefficient (Wildman–Crippen LogP) is 2.94. The molecule has 1 heterocycles. The molecular formula is C16H19NO3S. The fourth-order valence-corrected chi connectivity index (χ4v) is 3.21. The second kappa shape index (κ2) is 6.35. The first-order valence-electron chi connectivity index (χ1n) is 6.91. The Balaban J connectivity index is 2.61. The molecule has 0 saturated heterocycles. The Morgan fingerprint density at radius 3 is 2.43 bits per heavy atom. The Kier molecular flexibility index (Phi) is 4.73. The van der Waals surface area contributed by atoms with Gasteiger partial charge in [0.1, 0.15) is 5.75 Å². The second-order valence-electron chi connectivity index (χ2n) is 4.91. The molecule has 1 aromatic rings. The number of carbonyl (C=O) groups excluding carboxylic acids is 2. The Hall–Kier alpha value is -1.75. The zero-order valence-corrected chi connectivity index (χ0v) is 13.5. The van der Waals surface area contributed by atoms with Crippen LogP contribution in [0.3, 0.4) is 0 Å². The van der Waals surface area contributed by atoms with E-state index in [0.717, 1.165) is 5.75 Å². The molecule has 2 rings (SSSR count). The number of thioether (sulfide) groups is 1. The number of hydrogen-bond donors (Lipinski definition) is 0. The highest BCUT2D eigenvalue weighted by Gasteiger charge is 2.41. The molecule has 0 fully saturated rings. The minimum absolute atomic E-state index is 0.162. The van der Waals surface area contributed by atoms with Gasteiger partial charge < -0.3 is 4.74 Å². The van der Waals surface area contributed by atoms with Crippen LogP contribution in [0.25, 0.3) is 5.57 Å². The quantitative estimate of drug-likeness (QED) is 0.785. The molecule has 0 aliphatic carbocycles. The number of ether oxygens (including phenoxy) is 1. The lowest BCUT2D eigenvalue weighted by atomic mass is 10.0. The van der Waals surface area contributed by atoms with Gasteiger partial charge in [0.05, 0.1) is 17.6 Å². The second-order valence-corrected chi connectivity index (χ2v) is 6.19. The van der Waals surface area contributed by atoms with E-state index < -0.39 is 0 Å². The number of imide groups is 1. The van der Waals surface area contributed by atoms with Crippen LogP contribution in [0, 0.1) is 0 Å². The highest BCUT2D eigenvalue weighted by Crippen LogP contribution is 2.39. The lowest BCUT2D eigenvalue weighted by Gasteiger charge is -2.19. The molecule has 0 N–H and O–H groups in total. The van der Waals surface area contributed by atoms with Gasteiger partial charge in [0.15, 0.2) is 0 Å². The summed E-state index contributed by atoms with van der Waals surface area (Å²) >= 11 is 1.41. The first-order valence-corrected chi connectivity index (χ1v) is 7.89. The first-order chi connectivity index (χ1) is 10.0. The van der Waals surface area contributed by atoms with Gasteiger partial charge in [-0.3, -0.25) is 14.5 Å². The monoisotopic (exact) mass is 305 g/mol. The fourth-order valence-electron chi connectivity index (χ4n) is 2.36. The third-order valence-electron chi connectivity index (χ3n) is 3.25. The summed E-state index contributed by atoms with van der Waals surface area (Å²) in [4.78, 5) is 27.0. The average Bonchev–Trinajstić information content (AvgIpc) is 2.70. The Labute approximate surface area is 129 Å². The molecule has 112 valence electrons. The molecule has 0 saturated carbocycles. The van der Waals surface area contributed by atoms with Crippen molar-refractivity contribution in [1.82, 2.24) is 4.90 Å². The number of carbonyl (C=O) groups is 2. The van der Waals surface area contributed by atoms with E-state index in [2.05, 4.69) is 0 Å². The predicted molar refractivity (Wildman–Crippen MR) is 85.0 cm³/mol. The number of benzene rings is 1. The maximum atomic E-state index is 12.7. The van der Waals surface area contributed by atoms with Crippen molar-refractivity contribution in [3.8, 4) is 5.75 Å². The summed E-state index contributed by atoms with van der Waals surface area (Å²) in [5.74, 6) is 0.894. The van der Waals surface area contributed by atoms with E-state index >= 15 is 0 Å². The van der Waals surface area contributed by atoms with Crippen LogP contribution in [-0.4, -0.2) is 35.6 Å². The van der Waals surface area contributed by atoms with E-state index in [1.165, 1.54) is 16.7 Å². The van der Waals surface area contributed by atoms with Gasteiger partial charge >= 0.3 is 0 Å². The lowest BCUT2D eigenvalue weighted by molar-refractivity contribution is -0.138. The van der Waals surface area contributed by atoms with Gasteiger partial charge in [-0.2, -0.15) is 0 Å². The molecule has 21 heavy (non-hydrogen) atoms. The SMILES string of the molecule is CCSC1=C(c2ccccc2OC)C(=O)N(C(C)C)C1=O. The van der Waals surface area contributed by atoms with Crippen LogP contribution in [0.2, 0.25) is 0 Å². The maximum Gasteiger partial charge on any atom is 0.268 e. The molecule has 2 amide bonds. The van der Waals surface area contributed by atoms with E-state index in [1.807, 2.05) is 39.0 Å². The van der Waals surface area contributed by atoms with Crippen molar-refractivity contribution < 1.29 is 14.3 Å². The van der Waals surface area contributed by atoms with Crippen molar-refractivity contribution in [2.24, 2.45) is 0 Å². The van der Waals surface area contributed by atoms with Crippen LogP contribution in [0.15, 0.2) is 29.2 Å². The van der Waals surface area contributed by atoms with Crippen LogP contribution < -0.4 is 4.74 Å². The molecule has 0 spiro atoms. The third-order valence-corrected chi connectivity index (χ3v) is 4.21. The molecule has 0 radical (unpaired) electrons. The van der Waals surface area contributed by atoms with Crippen LogP contribution >= 0.6 is 11.8 Å². The van der Waals surface area contributed by atoms with E-state index in [0.29, 0.717) is 21.8 Å². The van der Waals surface area contributed by atoms with Crippen molar-refractivity contribution in [2.75, 3.05) is 12.9 Å². The zero-order valence-electron chi connectivity index (χ0n) is 12.7. The average molecular weight is 305 g/mol. The first kappa shape index (κ1) is 15.6. The van der Waals surface area contributed by atoms with Crippen molar-refractivity contribution in [1.29, 1.82) is 0 Å². The summed E-state index contributed by atoms with van der Waals surface area (Å²) < 4.78 is 5.34. The van der Waals surface area contributed by atoms with E-state index in [4.69, 9.17) is 4.74 Å². The molecule has 4 nitrogen and oxygen atoms in total. The number of para-hydroxylation sites is 1. The minimum atomic E-state index is -0.240. The molecule has 5 heteroatoms. The Bertz CT molecular complexity index is 607. The topological polar surface area (TPSA) is 46.6 Å². The molecule has 1 aliphatic rings. The molecule has 0 atom stereocenters. The standard InChI is InChI=1S/C16H19NO3S/c1-5-21-14-13(11-8-6-7-9-12(11)20-4)15(18)17(10(2)3)16(14)19/h6-10H,5H2,1-4H3. The number of rotatable bonds is 5. The third kappa shape index (κ3) is 2.70. The number of methoxy groups -OCH3 is 1. The molecule has 0 bridgehead atoms. The zero-order chi connectivity index (χ0) is 15.6. The molecule has 0 aromatic heterocycles. The van der Waals surface area contributed by atoms with Gasteiger partial charge in [-0.1, -0.05) is 25.1 Å². The summed E-state index contributed by atoms with van der Waals surface area (Å²) in [6.07, 6.45) is 0. The van der Waals surface area contributed by atoms with Gasteiger partial charge in [0.25, 0.3) is 11.8 Å². The maximum absolute atomic E-state index is 12.7. The van der Waals surface area contributed by atoms with Crippen LogP contribution in [0.5, 0.6) is 5.75 Å². The van der Waals surface area contributed by atoms with Crippen LogP contribution in [0.4, 0.5) is 0 Å². The largest absolute Gasteiger partial charge is 0.496 e. The summed E-state index contributed by atoms with van der Waals surface area (Å²) in [6, 6.07) is 7.14. The van der Waals surface area contributed by atoms with Crippen LogP contribution in [0.1, 0.15) is 26.3 Å². The number of amides is 2. The van der Waals surface area contributed by atoms with Crippen LogP contribution in [-0.2, 0) is 9.59 Å². The van der Waals surface area contributed by atoms with Crippen molar-refractivity contribution in [3.63, 3.8) is 0 Å². The van der Waals surface area contributed by atoms with Gasteiger partial charge in [-0.15, -0.1) is 11.8 Å². The molecule has 1 aromatic carbocycles. The Morgan fingerprint density at radius 2 is 1.86 bits per heavy atom. The van der Waals surface area contributed by atoms with Gasteiger partial charge in [-0.05, 0) is 25.7 Å². The summed E-state index contributed by atoms with van der Waals surface area (Å²) in [5.41, 5.74) is 1.13. The normalized spacial score (nSPS) is 15.4. The van der Waals surface area contributed by atoms with Crippen molar-refractivity contribution >= 4 is 29.1 Å². The lowest BCUT2D eigenvalue weighted by Crippen LogP contribution is -2.37. The summed E-state index contributed by atoms with van der Waals surface area (Å²) in [6.45, 7) is 5.65. The number of nitrogens with zero attached hydrogens (tertiary/aromatic N) is 1. The van der Waals surface area contributed by atoms with E-state index in [9.17, 15) is 9.59 Å². The summed E-state index contributed by atoms with van der Waals surface area (Å²) in [5, 5.41) is 0. The smallest absolute Gasteiger partial charge is 0.268 e. The van der Waals surface area contributed by atoms with Crippen molar-refractivity contribution in [2.45, 2.75) is 26.8 Å². The highest BCUT2D eigenvalue weighted by atomic mass is 32.2. The van der Waals surface area contributed by atoms with Gasteiger partial charge in [0, 0.05) is 11.6 Å². The highest BCUT2D eigenvalue weighted by molar-refractivity contribution is 8.04. The molecule has 0 unspecified atom stereocenters. The van der Waals surface area contributed by atoms with Crippen molar-refractivity contribution in [3.05, 3.63) is 34.7 Å². The molecular weight excluding hydrogens is 286 g/mol.